The van der Waals surface area contributed by atoms with Gasteiger partial charge in [0.05, 0.1) is 26.2 Å². The summed E-state index contributed by atoms with van der Waals surface area (Å²) in [4.78, 5) is 17.1. The first-order valence-corrected chi connectivity index (χ1v) is 13.1. The standard InChI is InChI=1S/C32H30N6O4/c39-29-13-3-1-7-23(29)19-33-15-17-35-21-25-9-5-11-27(31(25)41)37-38-28-12-6-10-26(32(28)42)22-36-18-16-34-20-24-8-2-4-14-30(24)40/h1-14,19-22,39-42H,15-18H2. The van der Waals surface area contributed by atoms with Crippen molar-refractivity contribution in [3.05, 3.63) is 107 Å². The Morgan fingerprint density at radius 1 is 0.405 bits per heavy atom. The first-order valence-electron chi connectivity index (χ1n) is 13.1. The van der Waals surface area contributed by atoms with Crippen LogP contribution in [0.5, 0.6) is 23.0 Å². The van der Waals surface area contributed by atoms with Crippen LogP contribution in [0.15, 0.2) is 115 Å². The maximum atomic E-state index is 10.6. The summed E-state index contributed by atoms with van der Waals surface area (Å²) in [6, 6.07) is 23.9. The molecule has 0 fully saturated rings. The van der Waals surface area contributed by atoms with Crippen LogP contribution in [-0.4, -0.2) is 71.5 Å². The Morgan fingerprint density at radius 3 is 1.12 bits per heavy atom. The van der Waals surface area contributed by atoms with E-state index in [4.69, 9.17) is 0 Å². The molecule has 0 saturated carbocycles. The van der Waals surface area contributed by atoms with Gasteiger partial charge in [-0.3, -0.25) is 20.0 Å². The van der Waals surface area contributed by atoms with Crippen molar-refractivity contribution in [2.45, 2.75) is 0 Å². The Kier molecular flexibility index (Phi) is 10.6. The second-order valence-electron chi connectivity index (χ2n) is 8.89. The third kappa shape index (κ3) is 8.43. The van der Waals surface area contributed by atoms with Crippen LogP contribution in [0.25, 0.3) is 0 Å². The molecule has 0 aliphatic rings. The van der Waals surface area contributed by atoms with Gasteiger partial charge in [-0.1, -0.05) is 36.4 Å². The number of aliphatic imine (C=N–C) groups is 4. The van der Waals surface area contributed by atoms with Gasteiger partial charge in [0.15, 0.2) is 11.5 Å². The molecular weight excluding hydrogens is 532 g/mol. The van der Waals surface area contributed by atoms with E-state index in [0.717, 1.165) is 0 Å². The van der Waals surface area contributed by atoms with Crippen LogP contribution in [0.3, 0.4) is 0 Å². The molecule has 42 heavy (non-hydrogen) atoms. The van der Waals surface area contributed by atoms with Gasteiger partial charge in [-0.05, 0) is 48.5 Å². The number of azo groups is 1. The largest absolute Gasteiger partial charge is 0.507 e. The second-order valence-corrected chi connectivity index (χ2v) is 8.89. The summed E-state index contributed by atoms with van der Waals surface area (Å²) in [5, 5.41) is 49.0. The number of rotatable bonds is 12. The quantitative estimate of drug-likeness (QED) is 0.0949. The molecule has 0 atom stereocenters. The molecule has 4 N–H and O–H groups in total. The smallest absolute Gasteiger partial charge is 0.151 e. The Labute approximate surface area is 243 Å². The van der Waals surface area contributed by atoms with Crippen molar-refractivity contribution in [3.63, 3.8) is 0 Å². The van der Waals surface area contributed by atoms with Gasteiger partial charge in [0, 0.05) is 47.1 Å². The number of phenols is 4. The zero-order valence-electron chi connectivity index (χ0n) is 22.7. The van der Waals surface area contributed by atoms with Gasteiger partial charge < -0.3 is 20.4 Å². The van der Waals surface area contributed by atoms with E-state index in [-0.39, 0.29) is 34.4 Å². The second kappa shape index (κ2) is 15.2. The van der Waals surface area contributed by atoms with Gasteiger partial charge >= 0.3 is 0 Å². The minimum atomic E-state index is -0.0932. The van der Waals surface area contributed by atoms with Gasteiger partial charge in [0.1, 0.15) is 22.9 Å². The first-order chi connectivity index (χ1) is 20.5. The average molecular weight is 563 g/mol. The molecule has 0 aromatic heterocycles. The van der Waals surface area contributed by atoms with Crippen LogP contribution in [0.4, 0.5) is 11.4 Å². The van der Waals surface area contributed by atoms with E-state index in [0.29, 0.717) is 48.4 Å². The summed E-state index contributed by atoms with van der Waals surface area (Å²) in [5.41, 5.74) is 2.63. The van der Waals surface area contributed by atoms with E-state index in [1.54, 1.807) is 85.2 Å². The van der Waals surface area contributed by atoms with Crippen molar-refractivity contribution in [2.75, 3.05) is 26.2 Å². The molecule has 0 bridgehead atoms. The lowest BCUT2D eigenvalue weighted by Crippen LogP contribution is -1.91. The average Bonchev–Trinajstić information content (AvgIpc) is 2.99. The number of nitrogens with zero attached hydrogens (tertiary/aromatic N) is 6. The van der Waals surface area contributed by atoms with Crippen molar-refractivity contribution in [1.82, 2.24) is 0 Å². The molecule has 0 amide bonds. The van der Waals surface area contributed by atoms with Crippen LogP contribution in [0.2, 0.25) is 0 Å². The van der Waals surface area contributed by atoms with E-state index >= 15 is 0 Å². The summed E-state index contributed by atoms with van der Waals surface area (Å²) < 4.78 is 0. The first kappa shape index (κ1) is 29.3. The molecular formula is C32H30N6O4. The highest BCUT2D eigenvalue weighted by atomic mass is 16.3. The molecule has 0 spiro atoms. The molecule has 0 unspecified atom stereocenters. The molecule has 10 heteroatoms. The molecule has 0 radical (unpaired) electrons. The van der Waals surface area contributed by atoms with E-state index < -0.39 is 0 Å². The van der Waals surface area contributed by atoms with Crippen LogP contribution >= 0.6 is 0 Å². The molecule has 212 valence electrons. The van der Waals surface area contributed by atoms with Crippen molar-refractivity contribution in [3.8, 4) is 23.0 Å². The Bertz CT molecular complexity index is 1530. The van der Waals surface area contributed by atoms with E-state index in [1.165, 1.54) is 12.4 Å². The van der Waals surface area contributed by atoms with E-state index in [9.17, 15) is 20.4 Å². The number of aromatic hydroxyl groups is 4. The normalized spacial score (nSPS) is 12.1. The number of benzene rings is 4. The van der Waals surface area contributed by atoms with E-state index in [1.807, 2.05) is 12.1 Å². The van der Waals surface area contributed by atoms with Gasteiger partial charge in [0.25, 0.3) is 0 Å². The number of hydrogen-bond donors (Lipinski definition) is 4. The lowest BCUT2D eigenvalue weighted by Gasteiger charge is -2.03. The van der Waals surface area contributed by atoms with Crippen LogP contribution in [0.1, 0.15) is 22.3 Å². The molecule has 0 heterocycles. The topological polar surface area (TPSA) is 155 Å². The molecule has 4 aromatic carbocycles. The minimum absolute atomic E-state index is 0.0932. The Hall–Kier alpha value is -5.64. The van der Waals surface area contributed by atoms with E-state index in [2.05, 4.69) is 30.2 Å². The summed E-state index contributed by atoms with van der Waals surface area (Å²) >= 11 is 0. The number of para-hydroxylation sites is 4. The summed E-state index contributed by atoms with van der Waals surface area (Å²) in [5.74, 6) is 0.142. The van der Waals surface area contributed by atoms with Gasteiger partial charge in [0.2, 0.25) is 0 Å². The number of hydrogen-bond acceptors (Lipinski definition) is 10. The minimum Gasteiger partial charge on any atom is -0.507 e. The van der Waals surface area contributed by atoms with Crippen molar-refractivity contribution in [1.29, 1.82) is 0 Å². The SMILES string of the molecule is Oc1ccccc1C=NCCN=Cc1cccc(N=Nc2cccc(C=NCCN=Cc3ccccc3O)c2O)c1O. The zero-order chi connectivity index (χ0) is 29.6. The zero-order valence-corrected chi connectivity index (χ0v) is 22.7. The molecule has 0 saturated heterocycles. The lowest BCUT2D eigenvalue weighted by atomic mass is 10.2. The van der Waals surface area contributed by atoms with Crippen molar-refractivity contribution < 1.29 is 20.4 Å². The van der Waals surface area contributed by atoms with Crippen LogP contribution < -0.4 is 0 Å². The molecule has 0 aliphatic carbocycles. The predicted octanol–water partition coefficient (Wildman–Crippen LogP) is 6.00. The highest BCUT2D eigenvalue weighted by Gasteiger charge is 2.07. The third-order valence-electron chi connectivity index (χ3n) is 5.87. The molecule has 10 nitrogen and oxygen atoms in total. The highest BCUT2D eigenvalue weighted by Crippen LogP contribution is 2.34. The molecule has 0 aliphatic heterocycles. The van der Waals surface area contributed by atoms with Crippen molar-refractivity contribution >= 4 is 36.2 Å². The fourth-order valence-corrected chi connectivity index (χ4v) is 3.65. The third-order valence-corrected chi connectivity index (χ3v) is 5.87. The lowest BCUT2D eigenvalue weighted by molar-refractivity contribution is 0.473. The Morgan fingerprint density at radius 2 is 0.738 bits per heavy atom. The fourth-order valence-electron chi connectivity index (χ4n) is 3.65. The van der Waals surface area contributed by atoms with Crippen LogP contribution in [0, 0.1) is 0 Å². The Balaban J connectivity index is 1.32. The van der Waals surface area contributed by atoms with Crippen molar-refractivity contribution in [2.24, 2.45) is 30.2 Å². The maximum absolute atomic E-state index is 10.6. The van der Waals surface area contributed by atoms with Gasteiger partial charge in [-0.15, -0.1) is 10.2 Å². The fraction of sp³-hybridized carbons (Fsp3) is 0.125. The van der Waals surface area contributed by atoms with Crippen LogP contribution in [-0.2, 0) is 0 Å². The predicted molar refractivity (Wildman–Crippen MR) is 166 cm³/mol. The summed E-state index contributed by atoms with van der Waals surface area (Å²) in [7, 11) is 0. The maximum Gasteiger partial charge on any atom is 0.151 e. The molecule has 4 rings (SSSR count). The van der Waals surface area contributed by atoms with Gasteiger partial charge in [-0.2, -0.15) is 0 Å². The number of phenolic OH excluding ortho intramolecular Hbond substituents is 4. The summed E-state index contributed by atoms with van der Waals surface area (Å²) in [6.45, 7) is 1.60. The monoisotopic (exact) mass is 562 g/mol. The molecule has 4 aromatic rings. The van der Waals surface area contributed by atoms with Gasteiger partial charge in [-0.25, -0.2) is 0 Å². The summed E-state index contributed by atoms with van der Waals surface area (Å²) in [6.07, 6.45) is 6.25. The highest BCUT2D eigenvalue weighted by molar-refractivity contribution is 5.87.